The molecular weight excluding hydrogens is 436 g/mol. The number of nitrogen functional groups attached to an aromatic ring is 1. The van der Waals surface area contributed by atoms with E-state index in [2.05, 4.69) is 114 Å². The molecule has 4 aromatic carbocycles. The van der Waals surface area contributed by atoms with Crippen molar-refractivity contribution in [2.45, 2.75) is 37.5 Å². The second kappa shape index (κ2) is 8.55. The predicted octanol–water partition coefficient (Wildman–Crippen LogP) is 8.48. The van der Waals surface area contributed by atoms with Gasteiger partial charge in [0, 0.05) is 28.2 Å². The van der Waals surface area contributed by atoms with Gasteiger partial charge in [0.05, 0.1) is 0 Å². The van der Waals surface area contributed by atoms with Gasteiger partial charge in [0.2, 0.25) is 0 Å². The van der Waals surface area contributed by atoms with Crippen LogP contribution < -0.4 is 10.6 Å². The van der Waals surface area contributed by atoms with Crippen LogP contribution in [0.3, 0.4) is 0 Å². The van der Waals surface area contributed by atoms with Gasteiger partial charge in [-0.3, -0.25) is 0 Å². The van der Waals surface area contributed by atoms with Crippen molar-refractivity contribution < 1.29 is 0 Å². The quantitative estimate of drug-likeness (QED) is 0.296. The fourth-order valence-electron chi connectivity index (χ4n) is 8.28. The maximum atomic E-state index is 6.14. The lowest BCUT2D eigenvalue weighted by Crippen LogP contribution is -2.56. The summed E-state index contributed by atoms with van der Waals surface area (Å²) in [5.74, 6) is 3.31. The van der Waals surface area contributed by atoms with Crippen molar-refractivity contribution in [3.05, 3.63) is 120 Å². The Labute approximate surface area is 214 Å². The largest absolute Gasteiger partial charge is 0.399 e. The van der Waals surface area contributed by atoms with Crippen LogP contribution in [0.2, 0.25) is 0 Å². The monoisotopic (exact) mass is 470 g/mol. The first-order valence-electron chi connectivity index (χ1n) is 13.6. The number of hydrogen-bond donors (Lipinski definition) is 1. The average molecular weight is 471 g/mol. The van der Waals surface area contributed by atoms with Gasteiger partial charge in [-0.05, 0) is 115 Å². The Morgan fingerprint density at radius 3 is 1.39 bits per heavy atom. The predicted molar refractivity (Wildman–Crippen MR) is 150 cm³/mol. The highest BCUT2D eigenvalue weighted by Gasteiger charge is 2.58. The lowest BCUT2D eigenvalue weighted by Gasteiger charge is -2.62. The topological polar surface area (TPSA) is 29.3 Å². The number of para-hydroxylation sites is 2. The third-order valence-corrected chi connectivity index (χ3v) is 9.45. The highest BCUT2D eigenvalue weighted by Crippen LogP contribution is 2.65. The van der Waals surface area contributed by atoms with Crippen LogP contribution >= 0.6 is 0 Å². The minimum absolute atomic E-state index is 0.101. The van der Waals surface area contributed by atoms with Crippen molar-refractivity contribution in [2.75, 3.05) is 10.6 Å². The number of hydrogen-bond acceptors (Lipinski definition) is 2. The first-order chi connectivity index (χ1) is 17.7. The van der Waals surface area contributed by atoms with E-state index in [-0.39, 0.29) is 5.41 Å². The third-order valence-electron chi connectivity index (χ3n) is 9.45. The summed E-state index contributed by atoms with van der Waals surface area (Å²) >= 11 is 0. The zero-order chi connectivity index (χ0) is 24.1. The third kappa shape index (κ3) is 3.38. The van der Waals surface area contributed by atoms with Crippen LogP contribution in [0, 0.1) is 23.7 Å². The van der Waals surface area contributed by atoms with Gasteiger partial charge in [0.15, 0.2) is 0 Å². The molecule has 4 aliphatic rings. The van der Waals surface area contributed by atoms with Gasteiger partial charge in [-0.25, -0.2) is 0 Å². The van der Waals surface area contributed by atoms with Gasteiger partial charge in [0.25, 0.3) is 0 Å². The maximum absolute atomic E-state index is 6.14. The second-order valence-electron chi connectivity index (χ2n) is 11.3. The summed E-state index contributed by atoms with van der Waals surface area (Å²) in [5, 5.41) is 0. The molecule has 8 rings (SSSR count). The Morgan fingerprint density at radius 2 is 0.917 bits per heavy atom. The summed E-state index contributed by atoms with van der Waals surface area (Å²) in [6, 6.07) is 39.8. The van der Waals surface area contributed by atoms with Gasteiger partial charge >= 0.3 is 0 Å². The van der Waals surface area contributed by atoms with E-state index in [0.29, 0.717) is 0 Å². The molecule has 0 radical (unpaired) electrons. The molecule has 0 saturated heterocycles. The highest BCUT2D eigenvalue weighted by molar-refractivity contribution is 5.76. The van der Waals surface area contributed by atoms with Crippen molar-refractivity contribution in [2.24, 2.45) is 23.7 Å². The molecule has 4 saturated carbocycles. The molecule has 0 aliphatic heterocycles. The first kappa shape index (κ1) is 21.7. The Hall–Kier alpha value is -3.52. The van der Waals surface area contributed by atoms with E-state index in [0.717, 1.165) is 29.4 Å². The van der Waals surface area contributed by atoms with Gasteiger partial charge < -0.3 is 10.6 Å². The molecule has 2 nitrogen and oxygen atoms in total. The molecule has 0 aromatic heterocycles. The zero-order valence-electron chi connectivity index (χ0n) is 20.8. The number of rotatable bonds is 5. The van der Waals surface area contributed by atoms with Gasteiger partial charge in [-0.2, -0.15) is 0 Å². The molecule has 4 fully saturated rings. The molecule has 0 amide bonds. The normalized spacial score (nSPS) is 28.2. The zero-order valence-corrected chi connectivity index (χ0v) is 20.8. The molecule has 0 heterocycles. The Morgan fingerprint density at radius 1 is 0.500 bits per heavy atom. The van der Waals surface area contributed by atoms with Crippen molar-refractivity contribution in [1.82, 2.24) is 0 Å². The number of nitrogens with zero attached hydrogens (tertiary/aromatic N) is 1. The summed E-state index contributed by atoms with van der Waals surface area (Å²) in [4.78, 5) is 2.36. The van der Waals surface area contributed by atoms with Crippen molar-refractivity contribution in [3.63, 3.8) is 0 Å². The Kier molecular flexibility index (Phi) is 5.16. The molecule has 2 heteroatoms. The van der Waals surface area contributed by atoms with Crippen LogP contribution in [0.4, 0.5) is 22.7 Å². The van der Waals surface area contributed by atoms with E-state index in [1.54, 1.807) is 0 Å². The Balaban J connectivity index is 1.34. The summed E-state index contributed by atoms with van der Waals surface area (Å²) in [6.45, 7) is 0. The lowest BCUT2D eigenvalue weighted by atomic mass is 9.42. The number of nitrogens with two attached hydrogens (primary N) is 1. The number of anilines is 4. The molecule has 4 aromatic rings. The van der Waals surface area contributed by atoms with E-state index in [1.165, 1.54) is 60.3 Å². The fraction of sp³-hybridized carbons (Fsp3) is 0.294. The van der Waals surface area contributed by atoms with E-state index in [9.17, 15) is 0 Å². The van der Waals surface area contributed by atoms with E-state index >= 15 is 0 Å². The van der Waals surface area contributed by atoms with E-state index in [4.69, 9.17) is 5.73 Å². The molecule has 180 valence electrons. The first-order valence-corrected chi connectivity index (χ1v) is 13.6. The van der Waals surface area contributed by atoms with Crippen LogP contribution in [-0.4, -0.2) is 0 Å². The summed E-state index contributed by atoms with van der Waals surface area (Å²) in [5.41, 5.74) is 13.6. The maximum Gasteiger partial charge on any atom is 0.0461 e. The molecule has 4 aliphatic carbocycles. The van der Waals surface area contributed by atoms with Crippen molar-refractivity contribution in [3.8, 4) is 0 Å². The standard InChI is InChI=1S/C34H34N2/c35-30-15-11-26(12-16-30)34(28-20-24-19-25(22-28)23-29(34)21-24)27-13-17-33(18-14-27)36(31-7-3-1-4-8-31)32-9-5-2-6-10-32/h1-18,24-25,28-29H,19-23,35H2. The Bertz CT molecular complexity index is 1260. The summed E-state index contributed by atoms with van der Waals surface area (Å²) in [7, 11) is 0. The minimum Gasteiger partial charge on any atom is -0.399 e. The fourth-order valence-corrected chi connectivity index (χ4v) is 8.28. The van der Waals surface area contributed by atoms with Crippen LogP contribution in [0.15, 0.2) is 109 Å². The SMILES string of the molecule is Nc1ccc(C2(c3ccc(N(c4ccccc4)c4ccccc4)cc3)C3CC4CC(C3)CC2C4)cc1. The highest BCUT2D eigenvalue weighted by atomic mass is 15.1. The van der Waals surface area contributed by atoms with Gasteiger partial charge in [0.1, 0.15) is 0 Å². The molecule has 36 heavy (non-hydrogen) atoms. The average Bonchev–Trinajstić information content (AvgIpc) is 2.91. The second-order valence-corrected chi connectivity index (χ2v) is 11.3. The molecule has 0 atom stereocenters. The van der Waals surface area contributed by atoms with Crippen LogP contribution in [0.5, 0.6) is 0 Å². The minimum atomic E-state index is 0.101. The van der Waals surface area contributed by atoms with Gasteiger partial charge in [-0.1, -0.05) is 60.7 Å². The number of benzene rings is 4. The smallest absolute Gasteiger partial charge is 0.0461 e. The molecular formula is C34H34N2. The molecule has 0 unspecified atom stereocenters. The van der Waals surface area contributed by atoms with Gasteiger partial charge in [-0.15, -0.1) is 0 Å². The summed E-state index contributed by atoms with van der Waals surface area (Å²) < 4.78 is 0. The molecule has 2 N–H and O–H groups in total. The van der Waals surface area contributed by atoms with E-state index < -0.39 is 0 Å². The lowest BCUT2D eigenvalue weighted by molar-refractivity contribution is -0.0418. The molecule has 0 spiro atoms. The van der Waals surface area contributed by atoms with Crippen molar-refractivity contribution >= 4 is 22.7 Å². The summed E-state index contributed by atoms with van der Waals surface area (Å²) in [6.07, 6.45) is 6.96. The van der Waals surface area contributed by atoms with E-state index in [1.807, 2.05) is 0 Å². The van der Waals surface area contributed by atoms with Crippen molar-refractivity contribution in [1.29, 1.82) is 0 Å². The van der Waals surface area contributed by atoms with Crippen LogP contribution in [-0.2, 0) is 5.41 Å². The van der Waals surface area contributed by atoms with Crippen LogP contribution in [0.25, 0.3) is 0 Å². The molecule has 4 bridgehead atoms. The van der Waals surface area contributed by atoms with Crippen LogP contribution in [0.1, 0.15) is 43.2 Å².